The Morgan fingerprint density at radius 3 is 2.56 bits per heavy atom. The molecule has 2 aliphatic carbocycles. The van der Waals surface area contributed by atoms with Gasteiger partial charge in [-0.05, 0) is 63.2 Å². The van der Waals surface area contributed by atoms with Crippen molar-refractivity contribution >= 4 is 11.8 Å². The molecular formula is C19H30N4O2. The number of carboxylic acids is 1. The van der Waals surface area contributed by atoms with Gasteiger partial charge in [0, 0.05) is 43.4 Å². The van der Waals surface area contributed by atoms with Gasteiger partial charge >= 0.3 is 5.97 Å². The molecule has 3 N–H and O–H groups in total. The molecule has 4 fully saturated rings. The predicted octanol–water partition coefficient (Wildman–Crippen LogP) is 2.22. The van der Waals surface area contributed by atoms with Gasteiger partial charge in [-0.1, -0.05) is 0 Å². The summed E-state index contributed by atoms with van der Waals surface area (Å²) in [5, 5.41) is 16.4. The molecule has 0 aromatic rings. The predicted molar refractivity (Wildman–Crippen MR) is 96.8 cm³/mol. The summed E-state index contributed by atoms with van der Waals surface area (Å²) in [5.41, 5.74) is 8.64. The Hall–Kier alpha value is -1.72. The number of nitrogens with two attached hydrogens (primary N) is 1. The van der Waals surface area contributed by atoms with Crippen LogP contribution in [0.2, 0.25) is 0 Å². The number of aliphatic carboxylic acids is 1. The van der Waals surface area contributed by atoms with E-state index in [-0.39, 0.29) is 0 Å². The monoisotopic (exact) mass is 346 g/mol. The van der Waals surface area contributed by atoms with Crippen molar-refractivity contribution in [1.29, 1.82) is 0 Å². The topological polar surface area (TPSA) is 82.2 Å². The maximum Gasteiger partial charge on any atom is 0.303 e. The number of carboxylic acid groups (broad SMARTS) is 1. The molecule has 2 bridgehead atoms. The molecule has 3 heterocycles. The van der Waals surface area contributed by atoms with Crippen molar-refractivity contribution in [3.63, 3.8) is 0 Å². The first-order valence-corrected chi connectivity index (χ1v) is 9.82. The van der Waals surface area contributed by atoms with Crippen LogP contribution < -0.4 is 5.73 Å². The summed E-state index contributed by atoms with van der Waals surface area (Å²) in [5.74, 6) is 1.79. The second kappa shape index (κ2) is 6.54. The van der Waals surface area contributed by atoms with E-state index in [1.165, 1.54) is 31.3 Å². The number of allylic oxidation sites excluding steroid dienone is 1. The minimum absolute atomic E-state index is 0.323. The van der Waals surface area contributed by atoms with Crippen LogP contribution in [0, 0.1) is 17.8 Å². The van der Waals surface area contributed by atoms with Crippen molar-refractivity contribution in [2.24, 2.45) is 28.6 Å². The van der Waals surface area contributed by atoms with E-state index in [0.29, 0.717) is 30.2 Å². The molecule has 138 valence electrons. The van der Waals surface area contributed by atoms with Gasteiger partial charge in [0.2, 0.25) is 0 Å². The fourth-order valence-corrected chi connectivity index (χ4v) is 4.97. The molecule has 5 aliphatic rings. The molecule has 0 radical (unpaired) electrons. The highest BCUT2D eigenvalue weighted by Gasteiger charge is 2.48. The SMILES string of the molecule is CC1CCN1N=C(C1=C(N)CCCC1)N1CC2CC(C1)C2CC(=O)O. The maximum atomic E-state index is 11.1. The second-order valence-electron chi connectivity index (χ2n) is 8.36. The molecule has 3 aliphatic heterocycles. The van der Waals surface area contributed by atoms with Crippen molar-refractivity contribution in [2.45, 2.75) is 57.9 Å². The summed E-state index contributed by atoms with van der Waals surface area (Å²) in [6.45, 7) is 5.12. The fraction of sp³-hybridized carbons (Fsp3) is 0.789. The van der Waals surface area contributed by atoms with E-state index in [1.54, 1.807) is 0 Å². The van der Waals surface area contributed by atoms with Gasteiger partial charge in [-0.3, -0.25) is 9.80 Å². The second-order valence-corrected chi connectivity index (χ2v) is 8.36. The van der Waals surface area contributed by atoms with Gasteiger partial charge in [0.25, 0.3) is 0 Å². The zero-order valence-corrected chi connectivity index (χ0v) is 15.2. The highest BCUT2D eigenvalue weighted by molar-refractivity contribution is 5.99. The number of hydrogen-bond donors (Lipinski definition) is 2. The van der Waals surface area contributed by atoms with Crippen LogP contribution in [0.1, 0.15) is 51.9 Å². The molecule has 5 rings (SSSR count). The number of hydrazone groups is 1. The number of nitrogens with zero attached hydrogens (tertiary/aromatic N) is 3. The first kappa shape index (κ1) is 16.7. The van der Waals surface area contributed by atoms with E-state index >= 15 is 0 Å². The van der Waals surface area contributed by atoms with E-state index < -0.39 is 5.97 Å². The third kappa shape index (κ3) is 3.11. The summed E-state index contributed by atoms with van der Waals surface area (Å²) in [6, 6.07) is 0.513. The lowest BCUT2D eigenvalue weighted by Gasteiger charge is -2.54. The summed E-state index contributed by atoms with van der Waals surface area (Å²) in [4.78, 5) is 13.5. The Kier molecular flexibility index (Phi) is 4.38. The smallest absolute Gasteiger partial charge is 0.303 e. The largest absolute Gasteiger partial charge is 0.481 e. The third-order valence-electron chi connectivity index (χ3n) is 6.72. The summed E-state index contributed by atoms with van der Waals surface area (Å²) < 4.78 is 0. The van der Waals surface area contributed by atoms with Gasteiger partial charge in [0.05, 0.1) is 0 Å². The molecule has 25 heavy (non-hydrogen) atoms. The summed E-state index contributed by atoms with van der Waals surface area (Å²) >= 11 is 0. The normalized spacial score (nSPS) is 35.3. The Morgan fingerprint density at radius 2 is 2.00 bits per heavy atom. The van der Waals surface area contributed by atoms with Crippen LogP contribution in [0.25, 0.3) is 0 Å². The molecule has 6 nitrogen and oxygen atoms in total. The number of rotatable bonds is 4. The Balaban J connectivity index is 1.55. The van der Waals surface area contributed by atoms with Crippen LogP contribution in [0.15, 0.2) is 16.4 Å². The summed E-state index contributed by atoms with van der Waals surface area (Å²) in [7, 11) is 0. The molecular weight excluding hydrogens is 316 g/mol. The lowest BCUT2D eigenvalue weighted by Crippen LogP contribution is -2.58. The van der Waals surface area contributed by atoms with Gasteiger partial charge in [-0.25, -0.2) is 0 Å². The van der Waals surface area contributed by atoms with Crippen LogP contribution in [-0.4, -0.2) is 52.5 Å². The Bertz CT molecular complexity index is 603. The fourth-order valence-electron chi connectivity index (χ4n) is 4.97. The number of fused-ring (bicyclic) bond motifs is 2. The van der Waals surface area contributed by atoms with Crippen LogP contribution in [0.3, 0.4) is 0 Å². The van der Waals surface area contributed by atoms with Crippen molar-refractivity contribution in [1.82, 2.24) is 9.91 Å². The van der Waals surface area contributed by atoms with Crippen molar-refractivity contribution in [3.8, 4) is 0 Å². The van der Waals surface area contributed by atoms with Crippen molar-refractivity contribution in [3.05, 3.63) is 11.3 Å². The highest BCUT2D eigenvalue weighted by atomic mass is 16.4. The average Bonchev–Trinajstić information content (AvgIpc) is 2.60. The van der Waals surface area contributed by atoms with Gasteiger partial charge in [0.15, 0.2) is 5.84 Å². The van der Waals surface area contributed by atoms with Crippen LogP contribution in [-0.2, 0) is 4.79 Å². The quantitative estimate of drug-likeness (QED) is 0.602. The molecule has 3 saturated heterocycles. The molecule has 0 spiro atoms. The van der Waals surface area contributed by atoms with Crippen molar-refractivity contribution < 1.29 is 9.90 Å². The highest BCUT2D eigenvalue weighted by Crippen LogP contribution is 2.48. The zero-order valence-electron chi connectivity index (χ0n) is 15.2. The van der Waals surface area contributed by atoms with Gasteiger partial charge in [-0.15, -0.1) is 0 Å². The van der Waals surface area contributed by atoms with Gasteiger partial charge in [0.1, 0.15) is 0 Å². The average molecular weight is 346 g/mol. The first-order valence-electron chi connectivity index (χ1n) is 9.82. The van der Waals surface area contributed by atoms with Crippen LogP contribution in [0.4, 0.5) is 0 Å². The molecule has 6 heteroatoms. The first-order chi connectivity index (χ1) is 12.0. The van der Waals surface area contributed by atoms with Gasteiger partial charge < -0.3 is 15.7 Å². The van der Waals surface area contributed by atoms with Crippen LogP contribution in [0.5, 0.6) is 0 Å². The Labute approximate surface area is 149 Å². The minimum Gasteiger partial charge on any atom is -0.481 e. The zero-order chi connectivity index (χ0) is 17.6. The molecule has 0 aromatic heterocycles. The number of hydrogen-bond acceptors (Lipinski definition) is 4. The molecule has 0 amide bonds. The number of carbonyl (C=O) groups is 1. The van der Waals surface area contributed by atoms with E-state index in [4.69, 9.17) is 15.9 Å². The molecule has 3 unspecified atom stereocenters. The minimum atomic E-state index is -0.657. The van der Waals surface area contributed by atoms with E-state index in [1.807, 2.05) is 0 Å². The van der Waals surface area contributed by atoms with Gasteiger partial charge in [-0.2, -0.15) is 5.10 Å². The Morgan fingerprint density at radius 1 is 1.28 bits per heavy atom. The lowest BCUT2D eigenvalue weighted by molar-refractivity contribution is -0.142. The molecule has 1 saturated carbocycles. The third-order valence-corrected chi connectivity index (χ3v) is 6.72. The summed E-state index contributed by atoms with van der Waals surface area (Å²) in [6.07, 6.45) is 7.07. The molecule has 3 atom stereocenters. The number of piperidine rings is 2. The standard InChI is InChI=1S/C19H30N4O2/c1-12-6-7-23(12)21-19(15-4-2-3-5-17(15)20)22-10-13-8-14(11-22)16(13)9-18(24)25/h12-14,16H,2-11,20H2,1H3,(H,24,25). The molecule has 0 aromatic carbocycles. The van der Waals surface area contributed by atoms with E-state index in [2.05, 4.69) is 16.8 Å². The van der Waals surface area contributed by atoms with E-state index in [0.717, 1.165) is 44.0 Å². The van der Waals surface area contributed by atoms with Crippen molar-refractivity contribution in [2.75, 3.05) is 19.6 Å². The number of amidine groups is 1. The van der Waals surface area contributed by atoms with E-state index in [9.17, 15) is 4.79 Å². The van der Waals surface area contributed by atoms with Crippen LogP contribution >= 0.6 is 0 Å². The lowest BCUT2D eigenvalue weighted by atomic mass is 9.60. The maximum absolute atomic E-state index is 11.1.